The van der Waals surface area contributed by atoms with Crippen molar-refractivity contribution >= 4 is 16.9 Å². The Balaban J connectivity index is 1.18. The van der Waals surface area contributed by atoms with Crippen LogP contribution in [0.25, 0.3) is 0 Å². The first kappa shape index (κ1) is 35.8. The maximum atomic E-state index is 13.8. The maximum Gasteiger partial charge on any atom is 0.416 e. The molecule has 1 amide bonds. The third-order valence-corrected chi connectivity index (χ3v) is 11.7. The molecular weight excluding hydrogens is 631 g/mol. The first-order valence-electron chi connectivity index (χ1n) is 16.7. The Hall–Kier alpha value is -2.51. The molecule has 0 N–H and O–H groups in total. The van der Waals surface area contributed by atoms with Crippen LogP contribution < -0.4 is 4.74 Å². The SMILES string of the molecule is COc1cc(C)c(S(=O)N2CCCCC2COCC(=O)N2CCC(OCCN3CCCC3)(c3cccc(C(F)(F)F)c3)CC2)c(C)c1. The summed E-state index contributed by atoms with van der Waals surface area (Å²) < 4.78 is 74.4. The van der Waals surface area contributed by atoms with E-state index in [0.29, 0.717) is 44.6 Å². The summed E-state index contributed by atoms with van der Waals surface area (Å²) in [6.45, 7) is 8.63. The molecular formula is C35H48F3N3O5S. The van der Waals surface area contributed by atoms with Crippen molar-refractivity contribution < 1.29 is 36.4 Å². The molecule has 0 radical (unpaired) electrons. The van der Waals surface area contributed by atoms with Gasteiger partial charge in [-0.15, -0.1) is 0 Å². The van der Waals surface area contributed by atoms with Gasteiger partial charge in [-0.1, -0.05) is 18.6 Å². The van der Waals surface area contributed by atoms with E-state index in [1.165, 1.54) is 12.1 Å². The highest BCUT2D eigenvalue weighted by Gasteiger charge is 2.41. The standard InChI is InChI=1S/C35H48F3N3O5S/c1-26-21-31(44-3)22-27(2)33(26)47(43)41-16-5-4-11-30(41)24-45-25-32(42)40-17-12-34(13-18-40,46-20-19-39-14-6-7-15-39)28-9-8-10-29(23-28)35(36,37)38/h8-10,21-23,30H,4-7,11-20,24-25H2,1-3H3. The zero-order valence-electron chi connectivity index (χ0n) is 27.8. The van der Waals surface area contributed by atoms with Crippen molar-refractivity contribution in [3.63, 3.8) is 0 Å². The molecule has 3 heterocycles. The minimum absolute atomic E-state index is 0.0859. The second kappa shape index (κ2) is 15.8. The van der Waals surface area contributed by atoms with Crippen LogP contribution in [0.15, 0.2) is 41.3 Å². The molecule has 3 aliphatic heterocycles. The molecule has 2 unspecified atom stereocenters. The van der Waals surface area contributed by atoms with Crippen molar-refractivity contribution in [1.82, 2.24) is 14.1 Å². The lowest BCUT2D eigenvalue weighted by atomic mass is 9.83. The van der Waals surface area contributed by atoms with Crippen LogP contribution in [-0.2, 0) is 37.0 Å². The van der Waals surface area contributed by atoms with Crippen LogP contribution in [0.5, 0.6) is 5.75 Å². The summed E-state index contributed by atoms with van der Waals surface area (Å²) in [7, 11) is 0.241. The number of hydrogen-bond donors (Lipinski definition) is 0. The number of nitrogens with zero attached hydrogens (tertiary/aromatic N) is 3. The van der Waals surface area contributed by atoms with Gasteiger partial charge in [0.2, 0.25) is 5.91 Å². The van der Waals surface area contributed by atoms with Crippen molar-refractivity contribution in [1.29, 1.82) is 0 Å². The van der Waals surface area contributed by atoms with Gasteiger partial charge in [-0.25, -0.2) is 8.51 Å². The summed E-state index contributed by atoms with van der Waals surface area (Å²) in [5.41, 5.74) is 0.728. The van der Waals surface area contributed by atoms with Gasteiger partial charge in [0.05, 0.1) is 36.4 Å². The van der Waals surface area contributed by atoms with Gasteiger partial charge in [0.1, 0.15) is 23.3 Å². The molecule has 2 aromatic carbocycles. The number of amides is 1. The Bertz CT molecular complexity index is 1370. The third-order valence-electron chi connectivity index (χ3n) is 9.79. The lowest BCUT2D eigenvalue weighted by Crippen LogP contribution is -2.48. The molecule has 47 heavy (non-hydrogen) atoms. The molecule has 0 aliphatic carbocycles. The number of methoxy groups -OCH3 is 1. The van der Waals surface area contributed by atoms with E-state index in [9.17, 15) is 22.2 Å². The lowest BCUT2D eigenvalue weighted by molar-refractivity contribution is -0.145. The summed E-state index contributed by atoms with van der Waals surface area (Å²) in [5, 5.41) is 0. The predicted molar refractivity (Wildman–Crippen MR) is 175 cm³/mol. The molecule has 2 atom stereocenters. The van der Waals surface area contributed by atoms with E-state index in [1.54, 1.807) is 18.1 Å². The van der Waals surface area contributed by atoms with Crippen molar-refractivity contribution in [2.45, 2.75) is 81.5 Å². The summed E-state index contributed by atoms with van der Waals surface area (Å²) in [6, 6.07) is 9.14. The molecule has 0 aromatic heterocycles. The maximum absolute atomic E-state index is 13.8. The van der Waals surface area contributed by atoms with Gasteiger partial charge in [0.15, 0.2) is 0 Å². The number of piperidine rings is 2. The normalized spacial score (nSPS) is 21.6. The van der Waals surface area contributed by atoms with Crippen LogP contribution in [0, 0.1) is 13.8 Å². The van der Waals surface area contributed by atoms with Crippen molar-refractivity contribution in [2.24, 2.45) is 0 Å². The zero-order chi connectivity index (χ0) is 33.6. The molecule has 260 valence electrons. The zero-order valence-corrected chi connectivity index (χ0v) is 28.6. The molecule has 8 nitrogen and oxygen atoms in total. The number of rotatable bonds is 12. The topological polar surface area (TPSA) is 71.5 Å². The highest BCUT2D eigenvalue weighted by molar-refractivity contribution is 7.82. The van der Waals surface area contributed by atoms with E-state index < -0.39 is 28.3 Å². The minimum Gasteiger partial charge on any atom is -0.497 e. The van der Waals surface area contributed by atoms with Crippen LogP contribution >= 0.6 is 0 Å². The molecule has 0 bridgehead atoms. The van der Waals surface area contributed by atoms with Crippen LogP contribution in [0.4, 0.5) is 13.2 Å². The number of ether oxygens (including phenoxy) is 3. The van der Waals surface area contributed by atoms with E-state index in [0.717, 1.165) is 79.6 Å². The fraction of sp³-hybridized carbons (Fsp3) is 0.629. The molecule has 3 aliphatic rings. The molecule has 5 rings (SSSR count). The second-order valence-electron chi connectivity index (χ2n) is 13.0. The van der Waals surface area contributed by atoms with E-state index in [1.807, 2.05) is 30.3 Å². The average molecular weight is 680 g/mol. The first-order chi connectivity index (χ1) is 22.5. The second-order valence-corrected chi connectivity index (χ2v) is 14.4. The first-order valence-corrected chi connectivity index (χ1v) is 17.8. The van der Waals surface area contributed by atoms with Crippen LogP contribution in [0.1, 0.15) is 67.2 Å². The van der Waals surface area contributed by atoms with E-state index in [4.69, 9.17) is 14.2 Å². The minimum atomic E-state index is -4.45. The summed E-state index contributed by atoms with van der Waals surface area (Å²) in [6.07, 6.45) is 1.41. The molecule has 3 saturated heterocycles. The van der Waals surface area contributed by atoms with Gasteiger partial charge in [-0.05, 0) is 106 Å². The number of carbonyl (C=O) groups excluding carboxylic acids is 1. The number of benzene rings is 2. The third kappa shape index (κ3) is 8.75. The van der Waals surface area contributed by atoms with Gasteiger partial charge >= 0.3 is 6.18 Å². The van der Waals surface area contributed by atoms with Gasteiger partial charge in [0.25, 0.3) is 0 Å². The van der Waals surface area contributed by atoms with E-state index >= 15 is 0 Å². The Kier molecular flexibility index (Phi) is 12.0. The quantitative estimate of drug-likeness (QED) is 0.280. The number of carbonyl (C=O) groups is 1. The van der Waals surface area contributed by atoms with Crippen molar-refractivity contribution in [3.8, 4) is 5.75 Å². The highest BCUT2D eigenvalue weighted by atomic mass is 32.2. The number of aryl methyl sites for hydroxylation is 2. The lowest BCUT2D eigenvalue weighted by Gasteiger charge is -2.42. The predicted octanol–water partition coefficient (Wildman–Crippen LogP) is 5.85. The summed E-state index contributed by atoms with van der Waals surface area (Å²) >= 11 is 0. The fourth-order valence-electron chi connectivity index (χ4n) is 7.14. The average Bonchev–Trinajstić information content (AvgIpc) is 3.58. The fourth-order valence-corrected chi connectivity index (χ4v) is 8.78. The Labute approximate surface area is 279 Å². The van der Waals surface area contributed by atoms with Crippen LogP contribution in [-0.4, -0.2) is 96.5 Å². The van der Waals surface area contributed by atoms with Crippen LogP contribution in [0.3, 0.4) is 0 Å². The number of alkyl halides is 3. The molecule has 12 heteroatoms. The smallest absolute Gasteiger partial charge is 0.416 e. The van der Waals surface area contributed by atoms with Crippen molar-refractivity contribution in [2.75, 3.05) is 66.2 Å². The Morgan fingerprint density at radius 3 is 2.32 bits per heavy atom. The number of halogens is 3. The van der Waals surface area contributed by atoms with Crippen molar-refractivity contribution in [3.05, 3.63) is 58.7 Å². The largest absolute Gasteiger partial charge is 0.497 e. The molecule has 3 fully saturated rings. The van der Waals surface area contributed by atoms with Crippen LogP contribution in [0.2, 0.25) is 0 Å². The van der Waals surface area contributed by atoms with Gasteiger partial charge in [-0.3, -0.25) is 4.79 Å². The summed E-state index contributed by atoms with van der Waals surface area (Å²) in [5.74, 6) is 0.571. The molecule has 0 spiro atoms. The monoisotopic (exact) mass is 679 g/mol. The van der Waals surface area contributed by atoms with E-state index in [-0.39, 0.29) is 25.2 Å². The van der Waals surface area contributed by atoms with Gasteiger partial charge < -0.3 is 24.0 Å². The van der Waals surface area contributed by atoms with E-state index in [2.05, 4.69) is 4.90 Å². The Morgan fingerprint density at radius 1 is 0.979 bits per heavy atom. The summed E-state index contributed by atoms with van der Waals surface area (Å²) in [4.78, 5) is 18.1. The number of likely N-dealkylation sites (tertiary alicyclic amines) is 2. The van der Waals surface area contributed by atoms with Gasteiger partial charge in [-0.2, -0.15) is 13.2 Å². The molecule has 2 aromatic rings. The van der Waals surface area contributed by atoms with Gasteiger partial charge in [0, 0.05) is 32.2 Å². The number of hydrogen-bond acceptors (Lipinski definition) is 6. The molecule has 0 saturated carbocycles. The highest BCUT2D eigenvalue weighted by Crippen LogP contribution is 2.40. The Morgan fingerprint density at radius 2 is 1.66 bits per heavy atom.